The zero-order chi connectivity index (χ0) is 17.4. The first kappa shape index (κ1) is 18.8. The van der Waals surface area contributed by atoms with Crippen LogP contribution in [-0.2, 0) is 24.3 Å². The number of hydrogen-bond acceptors (Lipinski definition) is 6. The molecule has 9 heteroatoms. The second-order valence-electron chi connectivity index (χ2n) is 5.26. The first-order chi connectivity index (χ1) is 11.5. The van der Waals surface area contributed by atoms with Gasteiger partial charge in [-0.2, -0.15) is 0 Å². The van der Waals surface area contributed by atoms with Crippen molar-refractivity contribution in [1.82, 2.24) is 10.2 Å². The van der Waals surface area contributed by atoms with E-state index in [1.807, 2.05) is 0 Å². The number of carbonyl (C=O) groups excluding carboxylic acids is 1. The standard InChI is InChI=1S/C15H22N2O6S/c1-21-11-9-16-24(19,20)13-7-5-12(6-8-13)15(18)17-23-14-4-2-3-10-22-14/h5-8,14,16H,2-4,9-11H2,1H3,(H,17,18). The first-order valence-electron chi connectivity index (χ1n) is 7.69. The Morgan fingerprint density at radius 2 is 2.04 bits per heavy atom. The number of benzene rings is 1. The van der Waals surface area contributed by atoms with Gasteiger partial charge in [-0.25, -0.2) is 23.5 Å². The minimum absolute atomic E-state index is 0.0756. The van der Waals surface area contributed by atoms with E-state index >= 15 is 0 Å². The van der Waals surface area contributed by atoms with E-state index in [0.717, 1.165) is 19.3 Å². The summed E-state index contributed by atoms with van der Waals surface area (Å²) < 4.78 is 36.6. The molecule has 1 amide bonds. The third-order valence-corrected chi connectivity index (χ3v) is 4.92. The quantitative estimate of drug-likeness (QED) is 0.526. The highest BCUT2D eigenvalue weighted by Gasteiger charge is 2.17. The van der Waals surface area contributed by atoms with E-state index in [-0.39, 0.29) is 18.0 Å². The van der Waals surface area contributed by atoms with Crippen LogP contribution in [0.25, 0.3) is 0 Å². The number of amides is 1. The Hall–Kier alpha value is -1.52. The van der Waals surface area contributed by atoms with Crippen molar-refractivity contribution in [3.8, 4) is 0 Å². The normalized spacial score (nSPS) is 18.3. The third-order valence-electron chi connectivity index (χ3n) is 3.45. The van der Waals surface area contributed by atoms with Crippen molar-refractivity contribution in [1.29, 1.82) is 0 Å². The highest BCUT2D eigenvalue weighted by atomic mass is 32.2. The summed E-state index contributed by atoms with van der Waals surface area (Å²) in [7, 11) is -2.13. The van der Waals surface area contributed by atoms with Crippen LogP contribution in [0.2, 0.25) is 0 Å². The maximum atomic E-state index is 12.0. The Morgan fingerprint density at radius 1 is 1.29 bits per heavy atom. The summed E-state index contributed by atoms with van der Waals surface area (Å²) in [5.74, 6) is -0.458. The Bertz CT molecular complexity index is 626. The lowest BCUT2D eigenvalue weighted by Gasteiger charge is -2.22. The fourth-order valence-corrected chi connectivity index (χ4v) is 3.14. The molecule has 1 aromatic carbocycles. The van der Waals surface area contributed by atoms with Gasteiger partial charge in [0, 0.05) is 32.2 Å². The molecule has 0 saturated carbocycles. The Kier molecular flexibility index (Phi) is 7.13. The zero-order valence-electron chi connectivity index (χ0n) is 13.5. The Morgan fingerprint density at radius 3 is 2.67 bits per heavy atom. The van der Waals surface area contributed by atoms with E-state index < -0.39 is 22.2 Å². The number of ether oxygens (including phenoxy) is 2. The van der Waals surface area contributed by atoms with Crippen molar-refractivity contribution in [2.75, 3.05) is 26.9 Å². The summed E-state index contributed by atoms with van der Waals surface area (Å²) in [5, 5.41) is 0. The number of sulfonamides is 1. The predicted molar refractivity (Wildman–Crippen MR) is 85.6 cm³/mol. The first-order valence-corrected chi connectivity index (χ1v) is 9.17. The second kappa shape index (κ2) is 9.09. The van der Waals surface area contributed by atoms with Crippen LogP contribution in [-0.4, -0.2) is 47.5 Å². The highest BCUT2D eigenvalue weighted by Crippen LogP contribution is 2.13. The van der Waals surface area contributed by atoms with E-state index in [2.05, 4.69) is 10.2 Å². The van der Waals surface area contributed by atoms with Gasteiger partial charge >= 0.3 is 0 Å². The molecular weight excluding hydrogens is 336 g/mol. The van der Waals surface area contributed by atoms with Gasteiger partial charge in [-0.15, -0.1) is 0 Å². The maximum Gasteiger partial charge on any atom is 0.274 e. The molecule has 2 N–H and O–H groups in total. The van der Waals surface area contributed by atoms with Crippen molar-refractivity contribution >= 4 is 15.9 Å². The lowest BCUT2D eigenvalue weighted by Crippen LogP contribution is -2.33. The fraction of sp³-hybridized carbons (Fsp3) is 0.533. The fourth-order valence-electron chi connectivity index (χ4n) is 2.13. The summed E-state index contributed by atoms with van der Waals surface area (Å²) >= 11 is 0. The molecule has 0 spiro atoms. The van der Waals surface area contributed by atoms with Crippen molar-refractivity contribution in [2.45, 2.75) is 30.4 Å². The molecular formula is C15H22N2O6S. The molecule has 1 aromatic rings. The smallest absolute Gasteiger partial charge is 0.274 e. The van der Waals surface area contributed by atoms with Gasteiger partial charge in [-0.3, -0.25) is 4.79 Å². The number of rotatable bonds is 8. The summed E-state index contributed by atoms with van der Waals surface area (Å²) in [4.78, 5) is 17.3. The zero-order valence-corrected chi connectivity index (χ0v) is 14.3. The summed E-state index contributed by atoms with van der Waals surface area (Å²) in [6.45, 7) is 1.07. The van der Waals surface area contributed by atoms with Crippen LogP contribution in [0.1, 0.15) is 29.6 Å². The minimum Gasteiger partial charge on any atom is -0.383 e. The van der Waals surface area contributed by atoms with Crippen LogP contribution in [0.4, 0.5) is 0 Å². The molecule has 1 heterocycles. The molecule has 1 unspecified atom stereocenters. The van der Waals surface area contributed by atoms with Crippen molar-refractivity contribution in [3.63, 3.8) is 0 Å². The SMILES string of the molecule is COCCNS(=O)(=O)c1ccc(C(=O)NOC2CCCCO2)cc1. The lowest BCUT2D eigenvalue weighted by molar-refractivity contribution is -0.186. The Labute approximate surface area is 141 Å². The van der Waals surface area contributed by atoms with Gasteiger partial charge in [0.1, 0.15) is 0 Å². The van der Waals surface area contributed by atoms with Gasteiger partial charge in [0.25, 0.3) is 5.91 Å². The minimum atomic E-state index is -3.62. The summed E-state index contributed by atoms with van der Waals surface area (Å²) in [5.41, 5.74) is 2.62. The average molecular weight is 358 g/mol. The number of carbonyl (C=O) groups is 1. The lowest BCUT2D eigenvalue weighted by atomic mass is 10.2. The van der Waals surface area contributed by atoms with Gasteiger partial charge in [-0.05, 0) is 37.1 Å². The number of hydroxylamine groups is 1. The molecule has 1 atom stereocenters. The van der Waals surface area contributed by atoms with Crippen LogP contribution in [0.5, 0.6) is 0 Å². The van der Waals surface area contributed by atoms with Crippen LogP contribution in [0.15, 0.2) is 29.2 Å². The second-order valence-corrected chi connectivity index (χ2v) is 7.03. The van der Waals surface area contributed by atoms with Crippen LogP contribution in [0.3, 0.4) is 0 Å². The monoisotopic (exact) mass is 358 g/mol. The van der Waals surface area contributed by atoms with E-state index in [0.29, 0.717) is 12.2 Å². The molecule has 0 aliphatic carbocycles. The van der Waals surface area contributed by atoms with Gasteiger partial charge in [0.15, 0.2) is 6.29 Å². The molecule has 134 valence electrons. The largest absolute Gasteiger partial charge is 0.383 e. The Balaban J connectivity index is 1.89. The van der Waals surface area contributed by atoms with Crippen LogP contribution < -0.4 is 10.2 Å². The van der Waals surface area contributed by atoms with Crippen LogP contribution in [0, 0.1) is 0 Å². The summed E-state index contributed by atoms with van der Waals surface area (Å²) in [6, 6.07) is 5.57. The molecule has 1 fully saturated rings. The van der Waals surface area contributed by atoms with Crippen molar-refractivity contribution < 1.29 is 27.5 Å². The van der Waals surface area contributed by atoms with Crippen molar-refractivity contribution in [3.05, 3.63) is 29.8 Å². The van der Waals surface area contributed by atoms with Gasteiger partial charge in [0.05, 0.1) is 11.5 Å². The molecule has 0 aromatic heterocycles. The molecule has 8 nitrogen and oxygen atoms in total. The molecule has 24 heavy (non-hydrogen) atoms. The highest BCUT2D eigenvalue weighted by molar-refractivity contribution is 7.89. The predicted octanol–water partition coefficient (Wildman–Crippen LogP) is 0.799. The van der Waals surface area contributed by atoms with E-state index in [4.69, 9.17) is 14.3 Å². The number of hydrogen-bond donors (Lipinski definition) is 2. The van der Waals surface area contributed by atoms with Gasteiger partial charge in [0.2, 0.25) is 10.0 Å². The maximum absolute atomic E-state index is 12.0. The molecule has 2 rings (SSSR count). The summed E-state index contributed by atoms with van der Waals surface area (Å²) in [6.07, 6.45) is 2.27. The van der Waals surface area contributed by atoms with Gasteiger partial charge < -0.3 is 9.47 Å². The molecule has 1 aliphatic heterocycles. The van der Waals surface area contributed by atoms with E-state index in [1.165, 1.54) is 31.4 Å². The van der Waals surface area contributed by atoms with E-state index in [1.54, 1.807) is 0 Å². The molecule has 0 bridgehead atoms. The van der Waals surface area contributed by atoms with Crippen molar-refractivity contribution in [2.24, 2.45) is 0 Å². The number of methoxy groups -OCH3 is 1. The van der Waals surface area contributed by atoms with E-state index in [9.17, 15) is 13.2 Å². The molecule has 1 saturated heterocycles. The topological polar surface area (TPSA) is 103 Å². The van der Waals surface area contributed by atoms with Gasteiger partial charge in [-0.1, -0.05) is 0 Å². The van der Waals surface area contributed by atoms with Crippen LogP contribution >= 0.6 is 0 Å². The third kappa shape index (κ3) is 5.53. The molecule has 0 radical (unpaired) electrons. The molecule has 1 aliphatic rings. The number of nitrogens with one attached hydrogen (secondary N) is 2. The average Bonchev–Trinajstić information content (AvgIpc) is 2.61.